The molecule has 0 aliphatic heterocycles. The van der Waals surface area contributed by atoms with Gasteiger partial charge in [-0.3, -0.25) is 0 Å². The van der Waals surface area contributed by atoms with Crippen LogP contribution in [0.15, 0.2) is 24.3 Å². The summed E-state index contributed by atoms with van der Waals surface area (Å²) in [6, 6.07) is 7.18. The molecule has 2 amide bonds. The first-order chi connectivity index (χ1) is 8.13. The van der Waals surface area contributed by atoms with Gasteiger partial charge in [0.25, 0.3) is 0 Å². The van der Waals surface area contributed by atoms with Gasteiger partial charge in [0, 0.05) is 25.4 Å². The first-order valence-corrected chi connectivity index (χ1v) is 5.53. The molecule has 1 rings (SSSR count). The highest BCUT2D eigenvalue weighted by Crippen LogP contribution is 2.15. The van der Waals surface area contributed by atoms with E-state index in [0.717, 1.165) is 11.3 Å². The highest BCUT2D eigenvalue weighted by atomic mass is 16.5. The van der Waals surface area contributed by atoms with Gasteiger partial charge in [0.1, 0.15) is 0 Å². The molecule has 0 aromatic heterocycles. The maximum Gasteiger partial charge on any atom is 0.319 e. The summed E-state index contributed by atoms with van der Waals surface area (Å²) in [7, 11) is 1.59. The molecule has 94 valence electrons. The molecule has 0 aliphatic carbocycles. The normalized spacial score (nSPS) is 11.9. The van der Waals surface area contributed by atoms with Gasteiger partial charge in [-0.2, -0.15) is 0 Å². The summed E-state index contributed by atoms with van der Waals surface area (Å²) in [5.74, 6) is 0. The molecule has 0 radical (unpaired) electrons. The van der Waals surface area contributed by atoms with Crippen molar-refractivity contribution in [2.45, 2.75) is 13.0 Å². The van der Waals surface area contributed by atoms with Gasteiger partial charge >= 0.3 is 6.03 Å². The number of benzene rings is 1. The van der Waals surface area contributed by atoms with Gasteiger partial charge in [-0.15, -0.1) is 0 Å². The fraction of sp³-hybridized carbons (Fsp3) is 0.417. The molecule has 0 spiro atoms. The fourth-order valence-corrected chi connectivity index (χ4v) is 1.34. The van der Waals surface area contributed by atoms with Crippen molar-refractivity contribution in [1.29, 1.82) is 0 Å². The first-order valence-electron chi connectivity index (χ1n) is 5.53. The Labute approximate surface area is 101 Å². The molecule has 0 heterocycles. The zero-order valence-electron chi connectivity index (χ0n) is 10.2. The van der Waals surface area contributed by atoms with E-state index in [1.54, 1.807) is 7.11 Å². The van der Waals surface area contributed by atoms with Crippen LogP contribution in [0.2, 0.25) is 0 Å². The highest BCUT2D eigenvalue weighted by molar-refractivity contribution is 5.89. The second-order valence-electron chi connectivity index (χ2n) is 3.79. The molecular weight excluding hydrogens is 218 g/mol. The molecule has 17 heavy (non-hydrogen) atoms. The minimum atomic E-state index is -0.246. The van der Waals surface area contributed by atoms with E-state index >= 15 is 0 Å². The summed E-state index contributed by atoms with van der Waals surface area (Å²) in [5.41, 5.74) is 7.48. The van der Waals surface area contributed by atoms with Crippen LogP contribution in [0.3, 0.4) is 0 Å². The van der Waals surface area contributed by atoms with Gasteiger partial charge in [0.05, 0.1) is 6.61 Å². The average molecular weight is 237 g/mol. The predicted octanol–water partition coefficient (Wildman–Crippen LogP) is 1.47. The molecule has 0 saturated carbocycles. The molecule has 0 aliphatic rings. The van der Waals surface area contributed by atoms with E-state index < -0.39 is 0 Å². The number of hydrogen-bond acceptors (Lipinski definition) is 3. The Hall–Kier alpha value is -1.59. The molecular formula is C12H19N3O2. The van der Waals surface area contributed by atoms with Gasteiger partial charge in [-0.25, -0.2) is 4.79 Å². The molecule has 5 nitrogen and oxygen atoms in total. The Morgan fingerprint density at radius 2 is 2.29 bits per heavy atom. The Balaban J connectivity index is 2.50. The van der Waals surface area contributed by atoms with Crippen LogP contribution >= 0.6 is 0 Å². The van der Waals surface area contributed by atoms with E-state index in [-0.39, 0.29) is 12.1 Å². The van der Waals surface area contributed by atoms with Crippen molar-refractivity contribution in [3.63, 3.8) is 0 Å². The van der Waals surface area contributed by atoms with E-state index in [2.05, 4.69) is 10.6 Å². The van der Waals surface area contributed by atoms with Crippen molar-refractivity contribution in [1.82, 2.24) is 5.32 Å². The topological polar surface area (TPSA) is 76.4 Å². The average Bonchev–Trinajstić information content (AvgIpc) is 2.29. The summed E-state index contributed by atoms with van der Waals surface area (Å²) in [6.45, 7) is 2.88. The molecule has 0 fully saturated rings. The number of urea groups is 1. The molecule has 4 N–H and O–H groups in total. The van der Waals surface area contributed by atoms with Crippen molar-refractivity contribution < 1.29 is 9.53 Å². The lowest BCUT2D eigenvalue weighted by Crippen LogP contribution is -2.31. The zero-order chi connectivity index (χ0) is 12.7. The number of amides is 2. The van der Waals surface area contributed by atoms with Crippen LogP contribution < -0.4 is 16.4 Å². The van der Waals surface area contributed by atoms with Crippen LogP contribution in [-0.4, -0.2) is 26.3 Å². The Morgan fingerprint density at radius 3 is 2.94 bits per heavy atom. The van der Waals surface area contributed by atoms with Crippen LogP contribution in [-0.2, 0) is 4.74 Å². The van der Waals surface area contributed by atoms with Crippen LogP contribution in [0.25, 0.3) is 0 Å². The third kappa shape index (κ3) is 4.84. The summed E-state index contributed by atoms with van der Waals surface area (Å²) < 4.78 is 4.83. The van der Waals surface area contributed by atoms with E-state index in [0.29, 0.717) is 13.2 Å². The molecule has 1 aromatic rings. The number of anilines is 1. The smallest absolute Gasteiger partial charge is 0.319 e. The summed E-state index contributed by atoms with van der Waals surface area (Å²) in [6.07, 6.45) is 0. The second-order valence-corrected chi connectivity index (χ2v) is 3.79. The van der Waals surface area contributed by atoms with E-state index in [9.17, 15) is 4.79 Å². The third-order valence-corrected chi connectivity index (χ3v) is 2.26. The summed E-state index contributed by atoms with van der Waals surface area (Å²) >= 11 is 0. The standard InChI is InChI=1S/C12H19N3O2/c1-9(13)10-4-3-5-11(8-10)15-12(16)14-6-7-17-2/h3-5,8-9H,6-7,13H2,1-2H3,(H2,14,15,16). The fourth-order valence-electron chi connectivity index (χ4n) is 1.34. The molecule has 0 saturated heterocycles. The third-order valence-electron chi connectivity index (χ3n) is 2.26. The molecule has 5 heteroatoms. The van der Waals surface area contributed by atoms with E-state index in [4.69, 9.17) is 10.5 Å². The number of hydrogen-bond donors (Lipinski definition) is 3. The van der Waals surface area contributed by atoms with Gasteiger partial charge < -0.3 is 21.1 Å². The quantitative estimate of drug-likeness (QED) is 0.679. The maximum atomic E-state index is 11.5. The molecule has 0 bridgehead atoms. The summed E-state index contributed by atoms with van der Waals surface area (Å²) in [5, 5.41) is 5.41. The van der Waals surface area contributed by atoms with Gasteiger partial charge in [0.15, 0.2) is 0 Å². The lowest BCUT2D eigenvalue weighted by Gasteiger charge is -2.10. The van der Waals surface area contributed by atoms with Crippen molar-refractivity contribution in [3.8, 4) is 0 Å². The number of carbonyl (C=O) groups excluding carboxylic acids is 1. The van der Waals surface area contributed by atoms with Gasteiger partial charge in [0.2, 0.25) is 0 Å². The number of ether oxygens (including phenoxy) is 1. The van der Waals surface area contributed by atoms with Crippen molar-refractivity contribution >= 4 is 11.7 Å². The van der Waals surface area contributed by atoms with Crippen molar-refractivity contribution in [2.24, 2.45) is 5.73 Å². The minimum absolute atomic E-state index is 0.0479. The summed E-state index contributed by atoms with van der Waals surface area (Å²) in [4.78, 5) is 11.5. The van der Waals surface area contributed by atoms with E-state index in [1.165, 1.54) is 0 Å². The maximum absolute atomic E-state index is 11.5. The molecule has 1 unspecified atom stereocenters. The van der Waals surface area contributed by atoms with Crippen molar-refractivity contribution in [2.75, 3.05) is 25.6 Å². The Morgan fingerprint density at radius 1 is 1.53 bits per heavy atom. The van der Waals surface area contributed by atoms with E-state index in [1.807, 2.05) is 31.2 Å². The highest BCUT2D eigenvalue weighted by Gasteiger charge is 2.03. The van der Waals surface area contributed by atoms with Crippen LogP contribution in [0, 0.1) is 0 Å². The van der Waals surface area contributed by atoms with Gasteiger partial charge in [-0.05, 0) is 24.6 Å². The SMILES string of the molecule is COCCNC(=O)Nc1cccc(C(C)N)c1. The van der Waals surface area contributed by atoms with Crippen LogP contribution in [0.1, 0.15) is 18.5 Å². The Kier molecular flexibility index (Phi) is 5.45. The lowest BCUT2D eigenvalue weighted by atomic mass is 10.1. The van der Waals surface area contributed by atoms with Gasteiger partial charge in [-0.1, -0.05) is 12.1 Å². The largest absolute Gasteiger partial charge is 0.383 e. The predicted molar refractivity (Wildman–Crippen MR) is 67.9 cm³/mol. The molecule has 1 aromatic carbocycles. The number of nitrogens with two attached hydrogens (primary N) is 1. The van der Waals surface area contributed by atoms with Crippen LogP contribution in [0.5, 0.6) is 0 Å². The lowest BCUT2D eigenvalue weighted by molar-refractivity contribution is 0.198. The second kappa shape index (κ2) is 6.88. The minimum Gasteiger partial charge on any atom is -0.383 e. The number of methoxy groups -OCH3 is 1. The number of nitrogens with one attached hydrogen (secondary N) is 2. The monoisotopic (exact) mass is 237 g/mol. The molecule has 1 atom stereocenters. The zero-order valence-corrected chi connectivity index (χ0v) is 10.2. The first kappa shape index (κ1) is 13.5. The Bertz CT molecular complexity index is 367. The number of carbonyl (C=O) groups is 1. The van der Waals surface area contributed by atoms with Crippen molar-refractivity contribution in [3.05, 3.63) is 29.8 Å². The van der Waals surface area contributed by atoms with Crippen LogP contribution in [0.4, 0.5) is 10.5 Å². The number of rotatable bonds is 5.